The second kappa shape index (κ2) is 5.78. The molecule has 1 saturated heterocycles. The number of rotatable bonds is 3. The van der Waals surface area contributed by atoms with Gasteiger partial charge in [0.1, 0.15) is 5.82 Å². The molecule has 3 nitrogen and oxygen atoms in total. The number of nitrogens with two attached hydrogens (primary N) is 1. The van der Waals surface area contributed by atoms with Gasteiger partial charge < -0.3 is 10.6 Å². The Labute approximate surface area is 108 Å². The van der Waals surface area contributed by atoms with E-state index in [9.17, 15) is 4.39 Å². The molecule has 2 atom stereocenters. The molecule has 1 aliphatic heterocycles. The van der Waals surface area contributed by atoms with E-state index in [0.29, 0.717) is 12.6 Å². The monoisotopic (exact) mass is 251 g/mol. The van der Waals surface area contributed by atoms with Crippen molar-refractivity contribution in [1.82, 2.24) is 9.80 Å². The minimum absolute atomic E-state index is 0.181. The first-order valence-electron chi connectivity index (χ1n) is 6.51. The van der Waals surface area contributed by atoms with Gasteiger partial charge in [0.25, 0.3) is 0 Å². The SMILES string of the molecule is CC(c1ccc(F)cc1)N1CCN(C)CC1CN. The number of halogens is 1. The molecule has 1 heterocycles. The van der Waals surface area contributed by atoms with Crippen molar-refractivity contribution in [2.75, 3.05) is 33.2 Å². The van der Waals surface area contributed by atoms with Crippen molar-refractivity contribution in [3.05, 3.63) is 35.6 Å². The van der Waals surface area contributed by atoms with Gasteiger partial charge >= 0.3 is 0 Å². The molecule has 0 amide bonds. The van der Waals surface area contributed by atoms with Crippen molar-refractivity contribution in [3.8, 4) is 0 Å². The van der Waals surface area contributed by atoms with Crippen molar-refractivity contribution >= 4 is 0 Å². The molecule has 0 aliphatic carbocycles. The van der Waals surface area contributed by atoms with E-state index in [1.54, 1.807) is 0 Å². The lowest BCUT2D eigenvalue weighted by molar-refractivity contribution is 0.0621. The Morgan fingerprint density at radius 2 is 2.00 bits per heavy atom. The first-order valence-corrected chi connectivity index (χ1v) is 6.51. The molecular weight excluding hydrogens is 229 g/mol. The maximum absolute atomic E-state index is 12.9. The van der Waals surface area contributed by atoms with E-state index < -0.39 is 0 Å². The second-order valence-corrected chi connectivity index (χ2v) is 5.12. The van der Waals surface area contributed by atoms with Crippen molar-refractivity contribution < 1.29 is 4.39 Å². The number of hydrogen-bond acceptors (Lipinski definition) is 3. The maximum atomic E-state index is 12.9. The number of hydrogen-bond donors (Lipinski definition) is 1. The molecule has 2 unspecified atom stereocenters. The summed E-state index contributed by atoms with van der Waals surface area (Å²) in [6.45, 7) is 5.90. The normalized spacial score (nSPS) is 24.1. The zero-order chi connectivity index (χ0) is 13.1. The van der Waals surface area contributed by atoms with E-state index in [1.165, 1.54) is 12.1 Å². The highest BCUT2D eigenvalue weighted by atomic mass is 19.1. The molecule has 4 heteroatoms. The molecule has 0 bridgehead atoms. The highest BCUT2D eigenvalue weighted by Crippen LogP contribution is 2.24. The zero-order valence-electron chi connectivity index (χ0n) is 11.1. The highest BCUT2D eigenvalue weighted by molar-refractivity contribution is 5.20. The zero-order valence-corrected chi connectivity index (χ0v) is 11.1. The summed E-state index contributed by atoms with van der Waals surface area (Å²) < 4.78 is 12.9. The molecule has 0 saturated carbocycles. The van der Waals surface area contributed by atoms with Crippen LogP contribution in [0.4, 0.5) is 4.39 Å². The van der Waals surface area contributed by atoms with Gasteiger partial charge in [-0.25, -0.2) is 4.39 Å². The van der Waals surface area contributed by atoms with Gasteiger partial charge in [-0.2, -0.15) is 0 Å². The third-order valence-corrected chi connectivity index (χ3v) is 3.85. The number of nitrogens with zero attached hydrogens (tertiary/aromatic N) is 2. The van der Waals surface area contributed by atoms with Crippen LogP contribution in [0.15, 0.2) is 24.3 Å². The Hall–Kier alpha value is -0.970. The Morgan fingerprint density at radius 3 is 2.61 bits per heavy atom. The third kappa shape index (κ3) is 2.88. The molecule has 100 valence electrons. The number of benzene rings is 1. The Balaban J connectivity index is 2.11. The van der Waals surface area contributed by atoms with Gasteiger partial charge in [-0.15, -0.1) is 0 Å². The fourth-order valence-electron chi connectivity index (χ4n) is 2.68. The average Bonchev–Trinajstić information content (AvgIpc) is 2.38. The van der Waals surface area contributed by atoms with Crippen LogP contribution < -0.4 is 5.73 Å². The molecule has 0 aromatic heterocycles. The van der Waals surface area contributed by atoms with Crippen LogP contribution in [0.25, 0.3) is 0 Å². The molecule has 0 radical (unpaired) electrons. The van der Waals surface area contributed by atoms with Crippen LogP contribution in [0.3, 0.4) is 0 Å². The first kappa shape index (κ1) is 13.5. The Bertz CT molecular complexity index is 379. The van der Waals surface area contributed by atoms with Crippen LogP contribution in [0.5, 0.6) is 0 Å². The van der Waals surface area contributed by atoms with Crippen molar-refractivity contribution in [2.24, 2.45) is 5.73 Å². The predicted molar refractivity (Wildman–Crippen MR) is 71.9 cm³/mol. The Kier molecular flexibility index (Phi) is 4.32. The van der Waals surface area contributed by atoms with Gasteiger partial charge in [0.15, 0.2) is 0 Å². The topological polar surface area (TPSA) is 32.5 Å². The van der Waals surface area contributed by atoms with E-state index >= 15 is 0 Å². The van der Waals surface area contributed by atoms with Gasteiger partial charge in [-0.3, -0.25) is 4.90 Å². The van der Waals surface area contributed by atoms with E-state index in [1.807, 2.05) is 12.1 Å². The fourth-order valence-corrected chi connectivity index (χ4v) is 2.68. The third-order valence-electron chi connectivity index (χ3n) is 3.85. The quantitative estimate of drug-likeness (QED) is 0.883. The van der Waals surface area contributed by atoms with Crippen LogP contribution in [0, 0.1) is 5.82 Å². The summed E-state index contributed by atoms with van der Waals surface area (Å²) in [4.78, 5) is 4.73. The summed E-state index contributed by atoms with van der Waals surface area (Å²) in [5, 5.41) is 0. The van der Waals surface area contributed by atoms with Crippen LogP contribution in [0.2, 0.25) is 0 Å². The summed E-state index contributed by atoms with van der Waals surface area (Å²) in [5.41, 5.74) is 7.02. The summed E-state index contributed by atoms with van der Waals surface area (Å²) in [6, 6.07) is 7.45. The van der Waals surface area contributed by atoms with E-state index in [0.717, 1.165) is 25.2 Å². The van der Waals surface area contributed by atoms with Gasteiger partial charge in [-0.05, 0) is 31.7 Å². The van der Waals surface area contributed by atoms with E-state index in [4.69, 9.17) is 5.73 Å². The first-order chi connectivity index (χ1) is 8.61. The van der Waals surface area contributed by atoms with Gasteiger partial charge in [-0.1, -0.05) is 12.1 Å². The Morgan fingerprint density at radius 1 is 1.33 bits per heavy atom. The number of likely N-dealkylation sites (N-methyl/N-ethyl adjacent to an activating group) is 1. The van der Waals surface area contributed by atoms with E-state index in [2.05, 4.69) is 23.8 Å². The smallest absolute Gasteiger partial charge is 0.123 e. The van der Waals surface area contributed by atoms with Crippen LogP contribution in [-0.2, 0) is 0 Å². The fraction of sp³-hybridized carbons (Fsp3) is 0.571. The molecule has 18 heavy (non-hydrogen) atoms. The minimum atomic E-state index is -0.181. The molecular formula is C14H22FN3. The highest BCUT2D eigenvalue weighted by Gasteiger charge is 2.28. The number of piperazine rings is 1. The summed E-state index contributed by atoms with van der Waals surface area (Å²) in [5.74, 6) is -0.181. The maximum Gasteiger partial charge on any atom is 0.123 e. The van der Waals surface area contributed by atoms with Gasteiger partial charge in [0.2, 0.25) is 0 Å². The molecule has 1 aromatic rings. The second-order valence-electron chi connectivity index (χ2n) is 5.12. The van der Waals surface area contributed by atoms with Crippen molar-refractivity contribution in [1.29, 1.82) is 0 Å². The molecule has 1 aromatic carbocycles. The van der Waals surface area contributed by atoms with Crippen molar-refractivity contribution in [3.63, 3.8) is 0 Å². The van der Waals surface area contributed by atoms with Crippen LogP contribution in [-0.4, -0.2) is 49.1 Å². The van der Waals surface area contributed by atoms with Crippen molar-refractivity contribution in [2.45, 2.75) is 19.0 Å². The lowest BCUT2D eigenvalue weighted by atomic mass is 10.0. The summed E-state index contributed by atoms with van der Waals surface area (Å²) in [6.07, 6.45) is 0. The van der Waals surface area contributed by atoms with Gasteiger partial charge in [0, 0.05) is 38.3 Å². The minimum Gasteiger partial charge on any atom is -0.329 e. The summed E-state index contributed by atoms with van der Waals surface area (Å²) >= 11 is 0. The molecule has 1 aliphatic rings. The van der Waals surface area contributed by atoms with Crippen LogP contribution in [0.1, 0.15) is 18.5 Å². The van der Waals surface area contributed by atoms with Gasteiger partial charge in [0.05, 0.1) is 0 Å². The molecule has 2 rings (SSSR count). The molecule has 1 fully saturated rings. The standard InChI is InChI=1S/C14H22FN3/c1-11(12-3-5-13(15)6-4-12)18-8-7-17(2)10-14(18)9-16/h3-6,11,14H,7-10,16H2,1-2H3. The largest absolute Gasteiger partial charge is 0.329 e. The lowest BCUT2D eigenvalue weighted by Crippen LogP contribution is -2.55. The lowest BCUT2D eigenvalue weighted by Gasteiger charge is -2.43. The predicted octanol–water partition coefficient (Wildman–Crippen LogP) is 1.46. The average molecular weight is 251 g/mol. The van der Waals surface area contributed by atoms with Crippen LogP contribution >= 0.6 is 0 Å². The molecule has 0 spiro atoms. The van der Waals surface area contributed by atoms with E-state index in [-0.39, 0.29) is 11.9 Å². The molecule has 2 N–H and O–H groups in total. The summed E-state index contributed by atoms with van der Waals surface area (Å²) in [7, 11) is 2.13.